The zero-order chi connectivity index (χ0) is 10.5. The minimum absolute atomic E-state index is 1.37. The van der Waals surface area contributed by atoms with Gasteiger partial charge < -0.3 is 0 Å². The summed E-state index contributed by atoms with van der Waals surface area (Å²) in [5.74, 6) is -3.59. The maximum atomic E-state index is 12.4. The van der Waals surface area contributed by atoms with Crippen LogP contribution in [0.3, 0.4) is 0 Å². The summed E-state index contributed by atoms with van der Waals surface area (Å²) in [6.45, 7) is -2.74. The van der Waals surface area contributed by atoms with E-state index in [0.29, 0.717) is 0 Å². The van der Waals surface area contributed by atoms with Crippen LogP contribution in [-0.2, 0) is 31.1 Å². The van der Waals surface area contributed by atoms with Gasteiger partial charge in [-0.25, -0.2) is 8.78 Å². The lowest BCUT2D eigenvalue weighted by Gasteiger charge is -2.12. The van der Waals surface area contributed by atoms with E-state index in [0.717, 1.165) is 0 Å². The van der Waals surface area contributed by atoms with Crippen molar-refractivity contribution in [3.8, 4) is 0 Å². The first-order valence-corrected chi connectivity index (χ1v) is 4.76. The highest BCUT2D eigenvalue weighted by Crippen LogP contribution is 2.14. The molecule has 0 aromatic heterocycles. The number of halogens is 2. The van der Waals surface area contributed by atoms with E-state index in [4.69, 9.17) is 9.11 Å². The molecule has 0 amide bonds. The zero-order valence-corrected chi connectivity index (χ0v) is 7.65. The van der Waals surface area contributed by atoms with Crippen LogP contribution in [0.5, 0.6) is 0 Å². The van der Waals surface area contributed by atoms with Gasteiger partial charge >= 0.3 is 22.7 Å². The molecule has 0 saturated heterocycles. The maximum absolute atomic E-state index is 12.4. The molecule has 2 unspecified atom stereocenters. The maximum Gasteiger partial charge on any atom is 0.302 e. The van der Waals surface area contributed by atoms with Crippen molar-refractivity contribution < 1.29 is 34.7 Å². The van der Waals surface area contributed by atoms with Gasteiger partial charge in [-0.1, -0.05) is 0 Å². The molecule has 13 heavy (non-hydrogen) atoms. The fourth-order valence-electron chi connectivity index (χ4n) is 0.315. The molecule has 0 aromatic rings. The largest absolute Gasteiger partial charge is 0.302 e. The SMILES string of the molecule is O=S(O)OCC(F)(F)COS(=O)O. The topological polar surface area (TPSA) is 93.1 Å². The van der Waals surface area contributed by atoms with Gasteiger partial charge in [0.15, 0.2) is 0 Å². The predicted molar refractivity (Wildman–Crippen MR) is 38.4 cm³/mol. The summed E-state index contributed by atoms with van der Waals surface area (Å²) in [4.78, 5) is 0. The summed E-state index contributed by atoms with van der Waals surface area (Å²) in [7, 11) is 0. The van der Waals surface area contributed by atoms with Crippen LogP contribution in [-0.4, -0.2) is 36.7 Å². The first kappa shape index (κ1) is 13.0. The third-order valence-electron chi connectivity index (χ3n) is 0.742. The van der Waals surface area contributed by atoms with Gasteiger partial charge in [0.1, 0.15) is 13.2 Å². The van der Waals surface area contributed by atoms with Gasteiger partial charge in [-0.15, -0.1) is 0 Å². The average Bonchev–Trinajstić information content (AvgIpc) is 1.98. The molecule has 0 aromatic carbocycles. The molecule has 80 valence electrons. The Morgan fingerprint density at radius 1 is 1.08 bits per heavy atom. The molecule has 0 spiro atoms. The van der Waals surface area contributed by atoms with E-state index in [9.17, 15) is 17.2 Å². The lowest BCUT2D eigenvalue weighted by Crippen LogP contribution is -2.30. The average molecular weight is 240 g/mol. The van der Waals surface area contributed by atoms with E-state index in [1.54, 1.807) is 0 Å². The molecule has 0 saturated carbocycles. The van der Waals surface area contributed by atoms with Crippen LogP contribution in [0.15, 0.2) is 0 Å². The van der Waals surface area contributed by atoms with E-state index in [1.807, 2.05) is 0 Å². The second kappa shape index (κ2) is 5.67. The number of hydrogen-bond donors (Lipinski definition) is 2. The molecule has 0 aliphatic heterocycles. The minimum atomic E-state index is -3.59. The second-order valence-corrected chi connectivity index (χ2v) is 3.15. The number of rotatable bonds is 6. The Labute approximate surface area is 77.2 Å². The summed E-state index contributed by atoms with van der Waals surface area (Å²) < 4.78 is 67.6. The summed E-state index contributed by atoms with van der Waals surface area (Å²) >= 11 is -5.60. The third kappa shape index (κ3) is 8.33. The normalized spacial score (nSPS) is 16.9. The predicted octanol–water partition coefficient (Wildman–Crippen LogP) is -0.0717. The number of alkyl halides is 2. The van der Waals surface area contributed by atoms with Gasteiger partial charge in [-0.2, -0.15) is 8.42 Å². The molecule has 10 heteroatoms. The van der Waals surface area contributed by atoms with Crippen molar-refractivity contribution >= 4 is 22.7 Å². The van der Waals surface area contributed by atoms with Crippen molar-refractivity contribution in [2.75, 3.05) is 13.2 Å². The summed E-state index contributed by atoms with van der Waals surface area (Å²) in [5.41, 5.74) is 0. The molecule has 2 atom stereocenters. The first-order chi connectivity index (χ1) is 5.83. The van der Waals surface area contributed by atoms with Gasteiger partial charge in [0.25, 0.3) is 5.92 Å². The minimum Gasteiger partial charge on any atom is -0.284 e. The molecular weight excluding hydrogens is 234 g/mol. The molecule has 0 heterocycles. The zero-order valence-electron chi connectivity index (χ0n) is 6.01. The number of hydrogen-bond acceptors (Lipinski definition) is 4. The van der Waals surface area contributed by atoms with E-state index in [-0.39, 0.29) is 0 Å². The van der Waals surface area contributed by atoms with Crippen molar-refractivity contribution in [1.82, 2.24) is 0 Å². The molecular formula is C3H6F2O6S2. The Kier molecular flexibility index (Phi) is 5.67. The van der Waals surface area contributed by atoms with Gasteiger partial charge in [-0.05, 0) is 0 Å². The molecule has 0 aliphatic carbocycles. The summed E-state index contributed by atoms with van der Waals surface area (Å²) in [6.07, 6.45) is 0. The molecule has 0 fully saturated rings. The molecule has 0 radical (unpaired) electrons. The van der Waals surface area contributed by atoms with Crippen LogP contribution in [0.4, 0.5) is 8.78 Å². The second-order valence-electron chi connectivity index (χ2n) is 1.81. The van der Waals surface area contributed by atoms with Crippen LogP contribution >= 0.6 is 0 Å². The fraction of sp³-hybridized carbons (Fsp3) is 1.00. The van der Waals surface area contributed by atoms with Gasteiger partial charge in [0.05, 0.1) is 0 Å². The monoisotopic (exact) mass is 240 g/mol. The van der Waals surface area contributed by atoms with E-state index in [1.165, 1.54) is 0 Å². The van der Waals surface area contributed by atoms with Crippen LogP contribution in [0.2, 0.25) is 0 Å². The van der Waals surface area contributed by atoms with Gasteiger partial charge in [-0.3, -0.25) is 17.5 Å². The van der Waals surface area contributed by atoms with Crippen LogP contribution in [0.1, 0.15) is 0 Å². The lowest BCUT2D eigenvalue weighted by molar-refractivity contribution is -0.0706. The van der Waals surface area contributed by atoms with Crippen LogP contribution in [0, 0.1) is 0 Å². The van der Waals surface area contributed by atoms with E-state index in [2.05, 4.69) is 8.37 Å². The van der Waals surface area contributed by atoms with Crippen molar-refractivity contribution in [3.63, 3.8) is 0 Å². The quantitative estimate of drug-likeness (QED) is 0.631. The summed E-state index contributed by atoms with van der Waals surface area (Å²) in [6, 6.07) is 0. The third-order valence-corrected chi connectivity index (χ3v) is 1.38. The summed E-state index contributed by atoms with van der Waals surface area (Å²) in [5, 5.41) is 0. The highest BCUT2D eigenvalue weighted by molar-refractivity contribution is 7.74. The van der Waals surface area contributed by atoms with Crippen LogP contribution < -0.4 is 0 Å². The van der Waals surface area contributed by atoms with Crippen molar-refractivity contribution in [1.29, 1.82) is 0 Å². The first-order valence-electron chi connectivity index (χ1n) is 2.69. The molecule has 0 rings (SSSR count). The highest BCUT2D eigenvalue weighted by Gasteiger charge is 2.31. The lowest BCUT2D eigenvalue weighted by atomic mass is 10.4. The standard InChI is InChI=1S/C3H6F2O6S2/c4-3(5,1-10-12(6)7)2-11-13(8)9/h1-2H2,(H,6,7)(H,8,9). The van der Waals surface area contributed by atoms with Crippen molar-refractivity contribution in [2.24, 2.45) is 0 Å². The Morgan fingerprint density at radius 3 is 1.62 bits per heavy atom. The van der Waals surface area contributed by atoms with Crippen molar-refractivity contribution in [3.05, 3.63) is 0 Å². The smallest absolute Gasteiger partial charge is 0.284 e. The molecule has 0 aliphatic rings. The fourth-order valence-corrected chi connectivity index (χ4v) is 0.861. The van der Waals surface area contributed by atoms with E-state index >= 15 is 0 Å². The van der Waals surface area contributed by atoms with E-state index < -0.39 is 41.9 Å². The van der Waals surface area contributed by atoms with Crippen LogP contribution in [0.25, 0.3) is 0 Å². The molecule has 0 bridgehead atoms. The Morgan fingerprint density at radius 2 is 1.38 bits per heavy atom. The molecule has 6 nitrogen and oxygen atoms in total. The molecule has 2 N–H and O–H groups in total. The Balaban J connectivity index is 3.79. The van der Waals surface area contributed by atoms with Gasteiger partial charge in [0.2, 0.25) is 0 Å². The highest BCUT2D eigenvalue weighted by atomic mass is 32.2. The Bertz CT molecular complexity index is 188. The van der Waals surface area contributed by atoms with Crippen molar-refractivity contribution in [2.45, 2.75) is 5.92 Å². The Hall–Kier alpha value is -0.000000000000000104. The van der Waals surface area contributed by atoms with Gasteiger partial charge in [0, 0.05) is 0 Å².